The third-order valence-corrected chi connectivity index (χ3v) is 3.72. The van der Waals surface area contributed by atoms with Crippen molar-refractivity contribution in [1.82, 2.24) is 10.1 Å². The third kappa shape index (κ3) is 3.80. The minimum absolute atomic E-state index is 0.229. The van der Waals surface area contributed by atoms with Crippen molar-refractivity contribution in [3.63, 3.8) is 0 Å². The first-order chi connectivity index (χ1) is 10.0. The molecule has 1 heterocycles. The van der Waals surface area contributed by atoms with E-state index in [1.165, 1.54) is 0 Å². The summed E-state index contributed by atoms with van der Waals surface area (Å²) in [7, 11) is 0. The molecule has 0 saturated carbocycles. The Hall–Kier alpha value is -1.92. The second-order valence-corrected chi connectivity index (χ2v) is 5.38. The van der Waals surface area contributed by atoms with Gasteiger partial charge in [-0.05, 0) is 30.0 Å². The standard InChI is InChI=1S/C15H22N4O2/c1-3-9(2)13(17)14-18-15(21-19-14)12(16)8-10-4-6-11(20)7-5-10/h4-7,9,12-13,20H,3,8,16-17H2,1-2H3/t9?,12-,13-/m0/s1. The summed E-state index contributed by atoms with van der Waals surface area (Å²) in [6.45, 7) is 4.12. The van der Waals surface area contributed by atoms with E-state index in [2.05, 4.69) is 24.0 Å². The molecule has 0 fully saturated rings. The van der Waals surface area contributed by atoms with Gasteiger partial charge in [0.2, 0.25) is 5.89 Å². The Morgan fingerprint density at radius 1 is 1.24 bits per heavy atom. The fourth-order valence-corrected chi connectivity index (χ4v) is 2.01. The maximum atomic E-state index is 9.26. The largest absolute Gasteiger partial charge is 0.508 e. The molecule has 0 aliphatic rings. The van der Waals surface area contributed by atoms with Crippen LogP contribution in [0, 0.1) is 5.92 Å². The minimum Gasteiger partial charge on any atom is -0.508 e. The fraction of sp³-hybridized carbons (Fsp3) is 0.467. The third-order valence-electron chi connectivity index (χ3n) is 3.72. The number of phenolic OH excluding ortho intramolecular Hbond substituents is 1. The quantitative estimate of drug-likeness (QED) is 0.751. The van der Waals surface area contributed by atoms with Gasteiger partial charge in [-0.15, -0.1) is 0 Å². The molecule has 1 aromatic heterocycles. The molecule has 2 aromatic rings. The molecule has 6 heteroatoms. The maximum Gasteiger partial charge on any atom is 0.243 e. The van der Waals surface area contributed by atoms with Crippen LogP contribution in [-0.2, 0) is 6.42 Å². The molecule has 0 saturated heterocycles. The zero-order chi connectivity index (χ0) is 15.4. The first-order valence-electron chi connectivity index (χ1n) is 7.13. The molecule has 114 valence electrons. The lowest BCUT2D eigenvalue weighted by Gasteiger charge is -2.13. The molecule has 6 nitrogen and oxygen atoms in total. The van der Waals surface area contributed by atoms with Crippen LogP contribution in [0.2, 0.25) is 0 Å². The number of hydrogen-bond acceptors (Lipinski definition) is 6. The molecule has 0 radical (unpaired) electrons. The van der Waals surface area contributed by atoms with E-state index in [0.29, 0.717) is 18.1 Å². The van der Waals surface area contributed by atoms with Gasteiger partial charge >= 0.3 is 0 Å². The van der Waals surface area contributed by atoms with Crippen LogP contribution < -0.4 is 11.5 Å². The summed E-state index contributed by atoms with van der Waals surface area (Å²) in [4.78, 5) is 4.32. The summed E-state index contributed by atoms with van der Waals surface area (Å²) in [5.41, 5.74) is 13.2. The van der Waals surface area contributed by atoms with Crippen LogP contribution in [-0.4, -0.2) is 15.2 Å². The van der Waals surface area contributed by atoms with Gasteiger partial charge < -0.3 is 21.1 Å². The lowest BCUT2D eigenvalue weighted by Crippen LogP contribution is -2.20. The number of aromatic nitrogens is 2. The highest BCUT2D eigenvalue weighted by Crippen LogP contribution is 2.22. The summed E-state index contributed by atoms with van der Waals surface area (Å²) in [6.07, 6.45) is 1.51. The molecular weight excluding hydrogens is 268 g/mol. The molecule has 3 atom stereocenters. The van der Waals surface area contributed by atoms with Crippen molar-refractivity contribution < 1.29 is 9.63 Å². The molecule has 21 heavy (non-hydrogen) atoms. The molecule has 1 aromatic carbocycles. The van der Waals surface area contributed by atoms with Gasteiger partial charge in [-0.2, -0.15) is 4.98 Å². The van der Waals surface area contributed by atoms with Crippen molar-refractivity contribution in [2.24, 2.45) is 17.4 Å². The van der Waals surface area contributed by atoms with Crippen LogP contribution in [0.3, 0.4) is 0 Å². The van der Waals surface area contributed by atoms with Gasteiger partial charge in [-0.3, -0.25) is 0 Å². The highest BCUT2D eigenvalue weighted by molar-refractivity contribution is 5.26. The molecular formula is C15H22N4O2. The van der Waals surface area contributed by atoms with E-state index in [4.69, 9.17) is 16.0 Å². The smallest absolute Gasteiger partial charge is 0.243 e. The second-order valence-electron chi connectivity index (χ2n) is 5.38. The fourth-order valence-electron chi connectivity index (χ4n) is 2.01. The monoisotopic (exact) mass is 290 g/mol. The number of rotatable bonds is 6. The molecule has 5 N–H and O–H groups in total. The summed E-state index contributed by atoms with van der Waals surface area (Å²) < 4.78 is 5.22. The molecule has 0 spiro atoms. The van der Waals surface area contributed by atoms with E-state index in [1.54, 1.807) is 12.1 Å². The van der Waals surface area contributed by atoms with Crippen LogP contribution in [0.1, 0.15) is 49.6 Å². The predicted molar refractivity (Wildman–Crippen MR) is 79.4 cm³/mol. The van der Waals surface area contributed by atoms with Crippen LogP contribution in [0.4, 0.5) is 0 Å². The second kappa shape index (κ2) is 6.69. The Kier molecular flexibility index (Phi) is 4.93. The van der Waals surface area contributed by atoms with E-state index in [-0.39, 0.29) is 23.8 Å². The van der Waals surface area contributed by atoms with E-state index >= 15 is 0 Å². The highest BCUT2D eigenvalue weighted by Gasteiger charge is 2.22. The van der Waals surface area contributed by atoms with E-state index < -0.39 is 0 Å². The molecule has 0 bridgehead atoms. The number of hydrogen-bond donors (Lipinski definition) is 3. The highest BCUT2D eigenvalue weighted by atomic mass is 16.5. The van der Waals surface area contributed by atoms with Crippen molar-refractivity contribution in [3.8, 4) is 5.75 Å². The van der Waals surface area contributed by atoms with Crippen molar-refractivity contribution >= 4 is 0 Å². The van der Waals surface area contributed by atoms with Crippen molar-refractivity contribution in [1.29, 1.82) is 0 Å². The molecule has 2 rings (SSSR count). The first-order valence-corrected chi connectivity index (χ1v) is 7.13. The number of aromatic hydroxyl groups is 1. The number of nitrogens with zero attached hydrogens (tertiary/aromatic N) is 2. The zero-order valence-corrected chi connectivity index (χ0v) is 12.4. The number of benzene rings is 1. The zero-order valence-electron chi connectivity index (χ0n) is 12.4. The molecule has 0 amide bonds. The van der Waals surface area contributed by atoms with E-state index in [0.717, 1.165) is 12.0 Å². The van der Waals surface area contributed by atoms with Crippen LogP contribution in [0.5, 0.6) is 5.75 Å². The normalized spacial score (nSPS) is 15.6. The lowest BCUT2D eigenvalue weighted by atomic mass is 10.00. The van der Waals surface area contributed by atoms with Gasteiger partial charge in [0.05, 0.1) is 12.1 Å². The Bertz CT molecular complexity index is 567. The van der Waals surface area contributed by atoms with Gasteiger partial charge in [0, 0.05) is 0 Å². The minimum atomic E-state index is -0.389. The van der Waals surface area contributed by atoms with Crippen LogP contribution in [0.15, 0.2) is 28.8 Å². The topological polar surface area (TPSA) is 111 Å². The Morgan fingerprint density at radius 2 is 1.90 bits per heavy atom. The average Bonchev–Trinajstić information content (AvgIpc) is 2.98. The summed E-state index contributed by atoms with van der Waals surface area (Å²) in [6, 6.07) is 6.25. The Labute approximate surface area is 124 Å². The van der Waals surface area contributed by atoms with Gasteiger partial charge in [0.25, 0.3) is 0 Å². The summed E-state index contributed by atoms with van der Waals surface area (Å²) >= 11 is 0. The van der Waals surface area contributed by atoms with E-state index in [1.807, 2.05) is 12.1 Å². The molecule has 1 unspecified atom stereocenters. The summed E-state index contributed by atoms with van der Waals surface area (Å²) in [5, 5.41) is 13.2. The molecule has 0 aliphatic carbocycles. The van der Waals surface area contributed by atoms with Crippen molar-refractivity contribution in [2.75, 3.05) is 0 Å². The Balaban J connectivity index is 2.04. The predicted octanol–water partition coefficient (Wildman–Crippen LogP) is 2.06. The van der Waals surface area contributed by atoms with Crippen LogP contribution >= 0.6 is 0 Å². The van der Waals surface area contributed by atoms with Gasteiger partial charge in [0.1, 0.15) is 5.75 Å². The number of phenols is 1. The van der Waals surface area contributed by atoms with Crippen molar-refractivity contribution in [3.05, 3.63) is 41.5 Å². The van der Waals surface area contributed by atoms with Gasteiger partial charge in [-0.1, -0.05) is 37.6 Å². The maximum absolute atomic E-state index is 9.26. The van der Waals surface area contributed by atoms with Crippen molar-refractivity contribution in [2.45, 2.75) is 38.8 Å². The number of nitrogens with two attached hydrogens (primary N) is 2. The molecule has 0 aliphatic heterocycles. The average molecular weight is 290 g/mol. The van der Waals surface area contributed by atoms with E-state index in [9.17, 15) is 5.11 Å². The van der Waals surface area contributed by atoms with Gasteiger partial charge in [0.15, 0.2) is 5.82 Å². The SMILES string of the molecule is CCC(C)[C@H](N)c1noc([C@@H](N)Cc2ccc(O)cc2)n1. The lowest BCUT2D eigenvalue weighted by molar-refractivity contribution is 0.340. The first kappa shape index (κ1) is 15.5. The Morgan fingerprint density at radius 3 is 2.52 bits per heavy atom. The van der Waals surface area contributed by atoms with Crippen LogP contribution in [0.25, 0.3) is 0 Å². The van der Waals surface area contributed by atoms with Gasteiger partial charge in [-0.25, -0.2) is 0 Å². The summed E-state index contributed by atoms with van der Waals surface area (Å²) in [5.74, 6) is 1.40.